The average Bonchev–Trinajstić information content (AvgIpc) is 2.77. The van der Waals surface area contributed by atoms with E-state index in [1.54, 1.807) is 0 Å². The highest BCUT2D eigenvalue weighted by molar-refractivity contribution is 6.30. The lowest BCUT2D eigenvalue weighted by molar-refractivity contribution is -0.159. The summed E-state index contributed by atoms with van der Waals surface area (Å²) in [5.41, 5.74) is 7.36. The van der Waals surface area contributed by atoms with Crippen LogP contribution < -0.4 is 5.73 Å². The highest BCUT2D eigenvalue weighted by Gasteiger charge is 2.24. The second-order valence-electron chi connectivity index (χ2n) is 4.36. The minimum atomic E-state index is -1.82. The predicted octanol–water partition coefficient (Wildman–Crippen LogP) is 2.09. The van der Waals surface area contributed by atoms with Gasteiger partial charge in [0.1, 0.15) is 0 Å². The fourth-order valence-electron chi connectivity index (χ4n) is 2.11. The van der Waals surface area contributed by atoms with E-state index in [0.717, 1.165) is 11.4 Å². The Morgan fingerprint density at radius 2 is 1.63 bits per heavy atom. The van der Waals surface area contributed by atoms with Crippen molar-refractivity contribution < 1.29 is 19.8 Å². The number of carboxylic acid groups (broad SMARTS) is 2. The van der Waals surface area contributed by atoms with E-state index in [1.165, 1.54) is 18.4 Å². The van der Waals surface area contributed by atoms with E-state index in [9.17, 15) is 0 Å². The van der Waals surface area contributed by atoms with Gasteiger partial charge in [0.25, 0.3) is 0 Å². The van der Waals surface area contributed by atoms with Crippen molar-refractivity contribution in [3.05, 3.63) is 34.9 Å². The van der Waals surface area contributed by atoms with Crippen LogP contribution in [0.1, 0.15) is 30.7 Å². The lowest BCUT2D eigenvalue weighted by atomic mass is 9.95. The predicted molar refractivity (Wildman–Crippen MR) is 71.3 cm³/mol. The number of rotatable bonds is 1. The molecule has 1 fully saturated rings. The summed E-state index contributed by atoms with van der Waals surface area (Å²) < 4.78 is 0. The number of aliphatic carboxylic acids is 2. The third-order valence-corrected chi connectivity index (χ3v) is 3.30. The summed E-state index contributed by atoms with van der Waals surface area (Å²) in [5.74, 6) is -3.10. The summed E-state index contributed by atoms with van der Waals surface area (Å²) in [6.07, 6.45) is 3.64. The van der Waals surface area contributed by atoms with Gasteiger partial charge in [0, 0.05) is 11.1 Å². The summed E-state index contributed by atoms with van der Waals surface area (Å²) in [4.78, 5) is 18.2. The Kier molecular flexibility index (Phi) is 5.79. The normalized spacial score (nSPS) is 21.4. The van der Waals surface area contributed by atoms with Gasteiger partial charge < -0.3 is 15.9 Å². The second kappa shape index (κ2) is 7.11. The van der Waals surface area contributed by atoms with Gasteiger partial charge in [0.2, 0.25) is 0 Å². The van der Waals surface area contributed by atoms with Crippen LogP contribution in [0.2, 0.25) is 5.02 Å². The summed E-state index contributed by atoms with van der Waals surface area (Å²) in [6, 6.07) is 8.43. The molecule has 0 radical (unpaired) electrons. The van der Waals surface area contributed by atoms with E-state index >= 15 is 0 Å². The summed E-state index contributed by atoms with van der Waals surface area (Å²) in [5, 5.41) is 15.6. The van der Waals surface area contributed by atoms with Crippen molar-refractivity contribution in [2.75, 3.05) is 0 Å². The van der Waals surface area contributed by atoms with Crippen LogP contribution in [0.15, 0.2) is 24.3 Å². The summed E-state index contributed by atoms with van der Waals surface area (Å²) in [7, 11) is 0. The van der Waals surface area contributed by atoms with E-state index in [1.807, 2.05) is 12.1 Å². The third kappa shape index (κ3) is 4.89. The molecule has 104 valence electrons. The first-order chi connectivity index (χ1) is 8.91. The molecule has 0 aromatic heterocycles. The molecule has 0 bridgehead atoms. The number of hydrogen-bond donors (Lipinski definition) is 3. The smallest absolute Gasteiger partial charge is 0.414 e. The molecule has 1 saturated carbocycles. The molecule has 19 heavy (non-hydrogen) atoms. The minimum Gasteiger partial charge on any atom is -0.473 e. The van der Waals surface area contributed by atoms with Crippen molar-refractivity contribution in [2.24, 2.45) is 5.73 Å². The van der Waals surface area contributed by atoms with Crippen LogP contribution in [0, 0.1) is 0 Å². The Morgan fingerprint density at radius 3 is 2.00 bits per heavy atom. The maximum absolute atomic E-state index is 9.10. The van der Waals surface area contributed by atoms with Gasteiger partial charge in [-0.2, -0.15) is 0 Å². The third-order valence-electron chi connectivity index (χ3n) is 3.05. The highest BCUT2D eigenvalue weighted by Crippen LogP contribution is 2.33. The molecule has 4 N–H and O–H groups in total. The molecule has 2 atom stereocenters. The molecular weight excluding hydrogens is 270 g/mol. The monoisotopic (exact) mass is 285 g/mol. The lowest BCUT2D eigenvalue weighted by Crippen LogP contribution is -2.22. The minimum absolute atomic E-state index is 0.348. The van der Waals surface area contributed by atoms with Crippen LogP contribution in [-0.4, -0.2) is 28.2 Å². The molecule has 0 saturated heterocycles. The molecule has 0 spiro atoms. The quantitative estimate of drug-likeness (QED) is 0.686. The number of nitrogens with two attached hydrogens (primary N) is 1. The molecule has 1 aromatic carbocycles. The van der Waals surface area contributed by atoms with E-state index in [2.05, 4.69) is 12.1 Å². The first-order valence-corrected chi connectivity index (χ1v) is 6.27. The van der Waals surface area contributed by atoms with E-state index in [0.29, 0.717) is 12.0 Å². The zero-order chi connectivity index (χ0) is 14.4. The molecule has 5 nitrogen and oxygen atoms in total. The summed E-state index contributed by atoms with van der Waals surface area (Å²) >= 11 is 5.82. The Bertz CT molecular complexity index is 434. The van der Waals surface area contributed by atoms with Crippen LogP contribution in [0.5, 0.6) is 0 Å². The molecule has 0 amide bonds. The van der Waals surface area contributed by atoms with Crippen LogP contribution in [0.3, 0.4) is 0 Å². The first kappa shape index (κ1) is 15.5. The summed E-state index contributed by atoms with van der Waals surface area (Å²) in [6.45, 7) is 0. The Balaban J connectivity index is 0.000000258. The van der Waals surface area contributed by atoms with Gasteiger partial charge in [-0.15, -0.1) is 0 Å². The van der Waals surface area contributed by atoms with Crippen molar-refractivity contribution in [1.29, 1.82) is 0 Å². The molecule has 0 aliphatic heterocycles. The molecule has 1 aliphatic rings. The number of halogens is 1. The van der Waals surface area contributed by atoms with Gasteiger partial charge in [0.05, 0.1) is 0 Å². The van der Waals surface area contributed by atoms with Gasteiger partial charge in [-0.05, 0) is 36.5 Å². The maximum atomic E-state index is 9.10. The molecule has 0 unspecified atom stereocenters. The molecule has 1 aromatic rings. The van der Waals surface area contributed by atoms with Crippen LogP contribution >= 0.6 is 11.6 Å². The van der Waals surface area contributed by atoms with Crippen molar-refractivity contribution in [1.82, 2.24) is 0 Å². The zero-order valence-electron chi connectivity index (χ0n) is 10.3. The molecular formula is C13H16ClNO4. The fraction of sp³-hybridized carbons (Fsp3) is 0.385. The maximum Gasteiger partial charge on any atom is 0.414 e. The van der Waals surface area contributed by atoms with Crippen LogP contribution in [0.4, 0.5) is 0 Å². The van der Waals surface area contributed by atoms with E-state index in [4.69, 9.17) is 37.1 Å². The van der Waals surface area contributed by atoms with E-state index < -0.39 is 11.9 Å². The van der Waals surface area contributed by atoms with Gasteiger partial charge in [0.15, 0.2) is 0 Å². The average molecular weight is 286 g/mol. The first-order valence-electron chi connectivity index (χ1n) is 5.89. The SMILES string of the molecule is N[C@@H]1CCC[C@@H]1c1ccc(Cl)cc1.O=C(O)C(=O)O. The largest absolute Gasteiger partial charge is 0.473 e. The van der Waals surface area contributed by atoms with Crippen molar-refractivity contribution >= 4 is 23.5 Å². The Hall–Kier alpha value is -1.59. The fourth-order valence-corrected chi connectivity index (χ4v) is 2.24. The Morgan fingerprint density at radius 1 is 1.11 bits per heavy atom. The number of carboxylic acids is 2. The lowest BCUT2D eigenvalue weighted by Gasteiger charge is -2.15. The zero-order valence-corrected chi connectivity index (χ0v) is 11.0. The molecule has 6 heteroatoms. The number of hydrogen-bond acceptors (Lipinski definition) is 3. The van der Waals surface area contributed by atoms with Gasteiger partial charge in [-0.25, -0.2) is 9.59 Å². The standard InChI is InChI=1S/C11H14ClN.C2H2O4/c12-9-6-4-8(5-7-9)10-2-1-3-11(10)13;3-1(4)2(5)6/h4-7,10-11H,1-3,13H2;(H,3,4)(H,5,6)/t10-,11-;/m1./s1. The van der Waals surface area contributed by atoms with Crippen molar-refractivity contribution in [3.63, 3.8) is 0 Å². The topological polar surface area (TPSA) is 101 Å². The van der Waals surface area contributed by atoms with E-state index in [-0.39, 0.29) is 0 Å². The van der Waals surface area contributed by atoms with Crippen molar-refractivity contribution in [3.8, 4) is 0 Å². The number of benzene rings is 1. The van der Waals surface area contributed by atoms with Gasteiger partial charge in [-0.3, -0.25) is 0 Å². The van der Waals surface area contributed by atoms with Crippen molar-refractivity contribution in [2.45, 2.75) is 31.2 Å². The molecule has 1 aliphatic carbocycles. The highest BCUT2D eigenvalue weighted by atomic mass is 35.5. The van der Waals surface area contributed by atoms with Crippen LogP contribution in [0.25, 0.3) is 0 Å². The number of carbonyl (C=O) groups is 2. The van der Waals surface area contributed by atoms with Crippen LogP contribution in [-0.2, 0) is 9.59 Å². The molecule has 2 rings (SSSR count). The van der Waals surface area contributed by atoms with Gasteiger partial charge >= 0.3 is 11.9 Å². The second-order valence-corrected chi connectivity index (χ2v) is 4.80. The molecule has 0 heterocycles. The van der Waals surface area contributed by atoms with Gasteiger partial charge in [-0.1, -0.05) is 30.2 Å². The Labute approximate surface area is 116 Å².